The molecule has 2 aliphatic rings. The highest BCUT2D eigenvalue weighted by atomic mass is 16.2. The van der Waals surface area contributed by atoms with Gasteiger partial charge in [-0.2, -0.15) is 0 Å². The van der Waals surface area contributed by atoms with Crippen molar-refractivity contribution >= 4 is 11.8 Å². The highest BCUT2D eigenvalue weighted by molar-refractivity contribution is 5.81. The minimum Gasteiger partial charge on any atom is -0.353 e. The molecule has 2 rings (SSSR count). The van der Waals surface area contributed by atoms with Crippen molar-refractivity contribution in [3.05, 3.63) is 0 Å². The summed E-state index contributed by atoms with van der Waals surface area (Å²) in [5.41, 5.74) is 0. The predicted molar refractivity (Wildman–Crippen MR) is 69.0 cm³/mol. The molecule has 0 spiro atoms. The molecule has 0 aromatic carbocycles. The van der Waals surface area contributed by atoms with Gasteiger partial charge in [-0.1, -0.05) is 0 Å². The van der Waals surface area contributed by atoms with Crippen LogP contribution in [0.3, 0.4) is 0 Å². The van der Waals surface area contributed by atoms with Gasteiger partial charge in [-0.05, 0) is 26.7 Å². The second-order valence-corrected chi connectivity index (χ2v) is 5.60. The molecule has 0 aromatic heterocycles. The van der Waals surface area contributed by atoms with E-state index in [1.165, 1.54) is 0 Å². The number of nitrogens with one attached hydrogen (secondary N) is 1. The molecule has 1 heterocycles. The van der Waals surface area contributed by atoms with Gasteiger partial charge in [0.25, 0.3) is 0 Å². The van der Waals surface area contributed by atoms with E-state index in [2.05, 4.69) is 10.2 Å². The van der Waals surface area contributed by atoms with Crippen LogP contribution in [0, 0.1) is 5.92 Å². The second kappa shape index (κ2) is 5.69. The fourth-order valence-electron chi connectivity index (χ4n) is 2.29. The SMILES string of the molecule is CC(C)NC(=O)CN1CCN(C(=O)C2CC2)CC1. The zero-order valence-corrected chi connectivity index (χ0v) is 11.3. The number of carbonyl (C=O) groups excluding carboxylic acids is 2. The third-order valence-electron chi connectivity index (χ3n) is 3.43. The summed E-state index contributed by atoms with van der Waals surface area (Å²) in [6.07, 6.45) is 2.13. The molecule has 1 aliphatic carbocycles. The van der Waals surface area contributed by atoms with E-state index in [4.69, 9.17) is 0 Å². The van der Waals surface area contributed by atoms with Gasteiger partial charge in [0.15, 0.2) is 0 Å². The standard InChI is InChI=1S/C13H23N3O2/c1-10(2)14-12(17)9-15-5-7-16(8-6-15)13(18)11-3-4-11/h10-11H,3-9H2,1-2H3,(H,14,17). The zero-order valence-electron chi connectivity index (χ0n) is 11.3. The summed E-state index contributed by atoms with van der Waals surface area (Å²) in [6, 6.07) is 0.190. The van der Waals surface area contributed by atoms with Gasteiger partial charge in [-0.3, -0.25) is 14.5 Å². The van der Waals surface area contributed by atoms with Gasteiger partial charge in [0, 0.05) is 38.1 Å². The van der Waals surface area contributed by atoms with Crippen LogP contribution in [0.4, 0.5) is 0 Å². The summed E-state index contributed by atoms with van der Waals surface area (Å²) >= 11 is 0. The van der Waals surface area contributed by atoms with Gasteiger partial charge in [0.05, 0.1) is 6.54 Å². The molecule has 18 heavy (non-hydrogen) atoms. The largest absolute Gasteiger partial charge is 0.353 e. The molecule has 0 unspecified atom stereocenters. The summed E-state index contributed by atoms with van der Waals surface area (Å²) in [5.74, 6) is 0.703. The van der Waals surface area contributed by atoms with Crippen molar-refractivity contribution in [1.82, 2.24) is 15.1 Å². The summed E-state index contributed by atoms with van der Waals surface area (Å²) in [7, 11) is 0. The minimum atomic E-state index is 0.0759. The van der Waals surface area contributed by atoms with Gasteiger partial charge in [0.1, 0.15) is 0 Å². The van der Waals surface area contributed by atoms with Crippen LogP contribution in [0.5, 0.6) is 0 Å². The fraction of sp³-hybridized carbons (Fsp3) is 0.846. The molecule has 1 saturated heterocycles. The number of hydrogen-bond acceptors (Lipinski definition) is 3. The summed E-state index contributed by atoms with van der Waals surface area (Å²) in [6.45, 7) is 7.53. The van der Waals surface area contributed by atoms with Gasteiger partial charge < -0.3 is 10.2 Å². The van der Waals surface area contributed by atoms with E-state index in [0.717, 1.165) is 39.0 Å². The number of piperazine rings is 1. The maximum absolute atomic E-state index is 11.9. The van der Waals surface area contributed by atoms with Crippen LogP contribution in [0.25, 0.3) is 0 Å². The normalized spacial score (nSPS) is 21.2. The molecular weight excluding hydrogens is 230 g/mol. The average Bonchev–Trinajstić information content (AvgIpc) is 3.11. The van der Waals surface area contributed by atoms with Crippen LogP contribution >= 0.6 is 0 Å². The van der Waals surface area contributed by atoms with Crippen molar-refractivity contribution in [3.8, 4) is 0 Å². The number of carbonyl (C=O) groups is 2. The molecule has 0 radical (unpaired) electrons. The van der Waals surface area contributed by atoms with E-state index in [-0.39, 0.29) is 11.9 Å². The van der Waals surface area contributed by atoms with Gasteiger partial charge in [-0.15, -0.1) is 0 Å². The molecule has 5 nitrogen and oxygen atoms in total. The molecule has 2 amide bonds. The number of amides is 2. The van der Waals surface area contributed by atoms with Crippen LogP contribution in [0.15, 0.2) is 0 Å². The summed E-state index contributed by atoms with van der Waals surface area (Å²) in [4.78, 5) is 27.6. The Morgan fingerprint density at radius 3 is 2.28 bits per heavy atom. The van der Waals surface area contributed by atoms with Crippen LogP contribution in [0.2, 0.25) is 0 Å². The van der Waals surface area contributed by atoms with Crippen molar-refractivity contribution in [2.45, 2.75) is 32.7 Å². The Balaban J connectivity index is 1.69. The lowest BCUT2D eigenvalue weighted by Crippen LogP contribution is -2.51. The van der Waals surface area contributed by atoms with Crippen LogP contribution < -0.4 is 5.32 Å². The monoisotopic (exact) mass is 253 g/mol. The molecular formula is C13H23N3O2. The molecule has 0 bridgehead atoms. The third-order valence-corrected chi connectivity index (χ3v) is 3.43. The molecule has 0 aromatic rings. The van der Waals surface area contributed by atoms with E-state index in [1.54, 1.807) is 0 Å². The number of rotatable bonds is 4. The molecule has 1 N–H and O–H groups in total. The second-order valence-electron chi connectivity index (χ2n) is 5.60. The molecule has 1 saturated carbocycles. The first kappa shape index (κ1) is 13.3. The van der Waals surface area contributed by atoms with Crippen molar-refractivity contribution < 1.29 is 9.59 Å². The van der Waals surface area contributed by atoms with Crippen LogP contribution in [-0.2, 0) is 9.59 Å². The molecule has 1 aliphatic heterocycles. The lowest BCUT2D eigenvalue weighted by Gasteiger charge is -2.34. The summed E-state index contributed by atoms with van der Waals surface area (Å²) in [5, 5.41) is 2.89. The Labute approximate surface area is 108 Å². The lowest BCUT2D eigenvalue weighted by atomic mass is 10.2. The number of hydrogen-bond donors (Lipinski definition) is 1. The van der Waals surface area contributed by atoms with E-state index < -0.39 is 0 Å². The smallest absolute Gasteiger partial charge is 0.234 e. The van der Waals surface area contributed by atoms with Gasteiger partial charge in [0.2, 0.25) is 11.8 Å². The van der Waals surface area contributed by atoms with E-state index >= 15 is 0 Å². The minimum absolute atomic E-state index is 0.0759. The highest BCUT2D eigenvalue weighted by Gasteiger charge is 2.34. The zero-order chi connectivity index (χ0) is 13.1. The van der Waals surface area contributed by atoms with E-state index in [9.17, 15) is 9.59 Å². The molecule has 102 valence electrons. The molecule has 5 heteroatoms. The third kappa shape index (κ3) is 3.70. The van der Waals surface area contributed by atoms with Crippen molar-refractivity contribution in [3.63, 3.8) is 0 Å². The maximum atomic E-state index is 11.9. The van der Waals surface area contributed by atoms with Crippen molar-refractivity contribution in [1.29, 1.82) is 0 Å². The molecule has 2 fully saturated rings. The van der Waals surface area contributed by atoms with Crippen LogP contribution in [0.1, 0.15) is 26.7 Å². The van der Waals surface area contributed by atoms with Gasteiger partial charge in [-0.25, -0.2) is 0 Å². The summed E-state index contributed by atoms with van der Waals surface area (Å²) < 4.78 is 0. The average molecular weight is 253 g/mol. The van der Waals surface area contributed by atoms with Crippen LogP contribution in [-0.4, -0.2) is 60.4 Å². The highest BCUT2D eigenvalue weighted by Crippen LogP contribution is 2.31. The van der Waals surface area contributed by atoms with E-state index in [0.29, 0.717) is 18.4 Å². The Bertz CT molecular complexity index is 318. The van der Waals surface area contributed by atoms with Crippen molar-refractivity contribution in [2.24, 2.45) is 5.92 Å². The van der Waals surface area contributed by atoms with Gasteiger partial charge >= 0.3 is 0 Å². The Morgan fingerprint density at radius 1 is 1.17 bits per heavy atom. The van der Waals surface area contributed by atoms with Crippen molar-refractivity contribution in [2.75, 3.05) is 32.7 Å². The molecule has 0 atom stereocenters. The fourth-order valence-corrected chi connectivity index (χ4v) is 2.29. The topological polar surface area (TPSA) is 52.7 Å². The predicted octanol–water partition coefficient (Wildman–Crippen LogP) is 0.0652. The Hall–Kier alpha value is -1.10. The first-order valence-corrected chi connectivity index (χ1v) is 6.87. The number of nitrogens with zero attached hydrogens (tertiary/aromatic N) is 2. The quantitative estimate of drug-likeness (QED) is 0.771. The first-order chi connectivity index (χ1) is 8.56. The maximum Gasteiger partial charge on any atom is 0.234 e. The Morgan fingerprint density at radius 2 is 1.78 bits per heavy atom. The Kier molecular flexibility index (Phi) is 4.22. The lowest BCUT2D eigenvalue weighted by molar-refractivity contribution is -0.134. The van der Waals surface area contributed by atoms with E-state index in [1.807, 2.05) is 18.7 Å². The first-order valence-electron chi connectivity index (χ1n) is 6.87.